The van der Waals surface area contributed by atoms with Gasteiger partial charge in [-0.05, 0) is 29.9 Å². The van der Waals surface area contributed by atoms with Crippen LogP contribution >= 0.6 is 11.6 Å². The molecular weight excluding hydrogens is 379 g/mol. The van der Waals surface area contributed by atoms with E-state index in [2.05, 4.69) is 24.3 Å². The summed E-state index contributed by atoms with van der Waals surface area (Å²) in [4.78, 5) is 12.6. The average Bonchev–Trinajstić information content (AvgIpc) is 2.93. The van der Waals surface area contributed by atoms with Gasteiger partial charge in [0.1, 0.15) is 10.7 Å². The Morgan fingerprint density at radius 2 is 1.74 bits per heavy atom. The van der Waals surface area contributed by atoms with Gasteiger partial charge in [0.05, 0.1) is 6.04 Å². The van der Waals surface area contributed by atoms with Crippen LogP contribution in [-0.4, -0.2) is 15.7 Å². The number of hydrogen-bond acceptors (Lipinski definition) is 2. The Morgan fingerprint density at radius 1 is 1.19 bits per heavy atom. The Kier molecular flexibility index (Phi) is 6.57. The molecule has 0 aliphatic heterocycles. The third kappa shape index (κ3) is 4.64. The monoisotopic (exact) mass is 401 g/mol. The standard InChI is InChI=1S/C19H23ClF3N3O/c1-5-11(3)12-7-9-13(10-8-12)14(6-2)24-18(27)16-15(20)17(19(21,22)23)25-26(16)4/h7-11,14H,5-6H2,1-4H3,(H,24,27). The molecule has 0 spiro atoms. The van der Waals surface area contributed by atoms with Crippen LogP contribution in [0, 0.1) is 0 Å². The molecule has 2 unspecified atom stereocenters. The second-order valence-corrected chi connectivity index (χ2v) is 6.92. The van der Waals surface area contributed by atoms with Crippen LogP contribution in [0.1, 0.15) is 72.9 Å². The van der Waals surface area contributed by atoms with E-state index in [1.54, 1.807) is 0 Å². The summed E-state index contributed by atoms with van der Waals surface area (Å²) < 4.78 is 39.7. The topological polar surface area (TPSA) is 46.9 Å². The fourth-order valence-electron chi connectivity index (χ4n) is 2.87. The van der Waals surface area contributed by atoms with Gasteiger partial charge in [-0.25, -0.2) is 0 Å². The van der Waals surface area contributed by atoms with Crippen LogP contribution in [0.5, 0.6) is 0 Å². The number of alkyl halides is 3. The van der Waals surface area contributed by atoms with Crippen LogP contribution in [-0.2, 0) is 13.2 Å². The summed E-state index contributed by atoms with van der Waals surface area (Å²) in [5.41, 5.74) is 0.514. The molecule has 0 bridgehead atoms. The van der Waals surface area contributed by atoms with Gasteiger partial charge in [0.25, 0.3) is 5.91 Å². The van der Waals surface area contributed by atoms with Gasteiger partial charge >= 0.3 is 6.18 Å². The molecule has 0 saturated carbocycles. The predicted octanol–water partition coefficient (Wildman–Crippen LogP) is 5.49. The van der Waals surface area contributed by atoms with E-state index in [0.717, 1.165) is 16.7 Å². The predicted molar refractivity (Wildman–Crippen MR) is 98.9 cm³/mol. The quantitative estimate of drug-likeness (QED) is 0.696. The fourth-order valence-corrected chi connectivity index (χ4v) is 3.22. The lowest BCUT2D eigenvalue weighted by Gasteiger charge is -2.19. The van der Waals surface area contributed by atoms with Gasteiger partial charge in [-0.2, -0.15) is 18.3 Å². The van der Waals surface area contributed by atoms with E-state index in [9.17, 15) is 18.0 Å². The van der Waals surface area contributed by atoms with Gasteiger partial charge in [-0.15, -0.1) is 0 Å². The lowest BCUT2D eigenvalue weighted by molar-refractivity contribution is -0.141. The van der Waals surface area contributed by atoms with E-state index in [4.69, 9.17) is 11.6 Å². The van der Waals surface area contributed by atoms with Gasteiger partial charge in [0, 0.05) is 7.05 Å². The van der Waals surface area contributed by atoms with Crippen LogP contribution in [0.4, 0.5) is 13.2 Å². The van der Waals surface area contributed by atoms with Crippen molar-refractivity contribution < 1.29 is 18.0 Å². The van der Waals surface area contributed by atoms with E-state index in [0.29, 0.717) is 12.3 Å². The smallest absolute Gasteiger partial charge is 0.344 e. The molecule has 1 aromatic heterocycles. The molecule has 8 heteroatoms. The van der Waals surface area contributed by atoms with Crippen LogP contribution in [0.15, 0.2) is 24.3 Å². The van der Waals surface area contributed by atoms with Crippen LogP contribution in [0.25, 0.3) is 0 Å². The summed E-state index contributed by atoms with van der Waals surface area (Å²) in [6, 6.07) is 7.54. The van der Waals surface area contributed by atoms with E-state index < -0.39 is 22.8 Å². The lowest BCUT2D eigenvalue weighted by atomic mass is 9.95. The summed E-state index contributed by atoms with van der Waals surface area (Å²) in [5.74, 6) is -0.258. The minimum Gasteiger partial charge on any atom is -0.344 e. The summed E-state index contributed by atoms with van der Waals surface area (Å²) in [6.45, 7) is 6.14. The highest BCUT2D eigenvalue weighted by Crippen LogP contribution is 2.35. The summed E-state index contributed by atoms with van der Waals surface area (Å²) in [7, 11) is 1.26. The number of amides is 1. The maximum Gasteiger partial charge on any atom is 0.436 e. The Labute approximate surface area is 161 Å². The van der Waals surface area contributed by atoms with Crippen molar-refractivity contribution in [2.24, 2.45) is 7.05 Å². The third-order valence-corrected chi connectivity index (χ3v) is 5.06. The molecule has 148 valence electrons. The Balaban J connectivity index is 2.24. The number of aromatic nitrogens is 2. The summed E-state index contributed by atoms with van der Waals surface area (Å²) in [5, 5.41) is 5.41. The van der Waals surface area contributed by atoms with Gasteiger partial charge in [-0.3, -0.25) is 9.48 Å². The van der Waals surface area contributed by atoms with Crippen molar-refractivity contribution in [3.8, 4) is 0 Å². The molecule has 2 aromatic rings. The van der Waals surface area contributed by atoms with Crippen molar-refractivity contribution in [3.63, 3.8) is 0 Å². The average molecular weight is 402 g/mol. The van der Waals surface area contributed by atoms with E-state index in [1.165, 1.54) is 12.6 Å². The van der Waals surface area contributed by atoms with Gasteiger partial charge in [0.2, 0.25) is 0 Å². The zero-order valence-corrected chi connectivity index (χ0v) is 16.4. The largest absolute Gasteiger partial charge is 0.436 e. The zero-order chi connectivity index (χ0) is 20.4. The first-order valence-electron chi connectivity index (χ1n) is 8.80. The minimum atomic E-state index is -4.72. The van der Waals surface area contributed by atoms with Crippen molar-refractivity contribution in [1.29, 1.82) is 0 Å². The molecule has 2 rings (SSSR count). The first-order valence-corrected chi connectivity index (χ1v) is 9.18. The molecule has 2 atom stereocenters. The molecule has 4 nitrogen and oxygen atoms in total. The number of carbonyl (C=O) groups is 1. The second-order valence-electron chi connectivity index (χ2n) is 6.54. The molecule has 1 heterocycles. The highest BCUT2D eigenvalue weighted by Gasteiger charge is 2.39. The molecule has 27 heavy (non-hydrogen) atoms. The van der Waals surface area contributed by atoms with Crippen molar-refractivity contribution in [1.82, 2.24) is 15.1 Å². The maximum absolute atomic E-state index is 12.9. The molecule has 1 aromatic carbocycles. The Morgan fingerprint density at radius 3 is 2.19 bits per heavy atom. The molecular formula is C19H23ClF3N3O. The van der Waals surface area contributed by atoms with Crippen molar-refractivity contribution >= 4 is 17.5 Å². The first kappa shape index (κ1) is 21.3. The van der Waals surface area contributed by atoms with Crippen LogP contribution in [0.3, 0.4) is 0 Å². The third-order valence-electron chi connectivity index (χ3n) is 4.71. The van der Waals surface area contributed by atoms with Crippen molar-refractivity contribution in [3.05, 3.63) is 51.8 Å². The number of benzene rings is 1. The van der Waals surface area contributed by atoms with E-state index in [-0.39, 0.29) is 11.7 Å². The minimum absolute atomic E-state index is 0.307. The first-order chi connectivity index (χ1) is 12.6. The molecule has 0 aliphatic carbocycles. The fraction of sp³-hybridized carbons (Fsp3) is 0.474. The number of nitrogens with one attached hydrogen (secondary N) is 1. The number of hydrogen-bond donors (Lipinski definition) is 1. The van der Waals surface area contributed by atoms with Gasteiger partial charge < -0.3 is 5.32 Å². The van der Waals surface area contributed by atoms with Gasteiger partial charge in [-0.1, -0.05) is 56.6 Å². The molecule has 0 aliphatic rings. The molecule has 0 fully saturated rings. The van der Waals surface area contributed by atoms with Crippen molar-refractivity contribution in [2.75, 3.05) is 0 Å². The van der Waals surface area contributed by atoms with Crippen LogP contribution < -0.4 is 5.32 Å². The highest BCUT2D eigenvalue weighted by molar-refractivity contribution is 6.34. The number of aryl methyl sites for hydroxylation is 1. The number of carbonyl (C=O) groups excluding carboxylic acids is 1. The van der Waals surface area contributed by atoms with E-state index in [1.807, 2.05) is 31.2 Å². The second kappa shape index (κ2) is 8.33. The Bertz CT molecular complexity index is 800. The SMILES string of the molecule is CCC(C)c1ccc(C(CC)NC(=O)c2c(Cl)c(C(F)(F)F)nn2C)cc1. The number of rotatable bonds is 6. The lowest BCUT2D eigenvalue weighted by Crippen LogP contribution is -2.30. The molecule has 1 N–H and O–H groups in total. The zero-order valence-electron chi connectivity index (χ0n) is 15.7. The normalized spacial score (nSPS) is 14.1. The summed E-state index contributed by atoms with van der Waals surface area (Å²) in [6.07, 6.45) is -3.12. The molecule has 1 amide bonds. The number of nitrogens with zero attached hydrogens (tertiary/aromatic N) is 2. The number of halogens is 4. The summed E-state index contributed by atoms with van der Waals surface area (Å²) >= 11 is 5.79. The van der Waals surface area contributed by atoms with Gasteiger partial charge in [0.15, 0.2) is 5.69 Å². The molecule has 0 radical (unpaired) electrons. The Hall–Kier alpha value is -2.02. The molecule has 0 saturated heterocycles. The maximum atomic E-state index is 12.9. The highest BCUT2D eigenvalue weighted by atomic mass is 35.5. The van der Waals surface area contributed by atoms with E-state index >= 15 is 0 Å². The van der Waals surface area contributed by atoms with Crippen molar-refractivity contribution in [2.45, 2.75) is 51.7 Å². The van der Waals surface area contributed by atoms with Crippen LogP contribution in [0.2, 0.25) is 5.02 Å².